The van der Waals surface area contributed by atoms with Crippen LogP contribution in [-0.2, 0) is 9.73 Å². The van der Waals surface area contributed by atoms with Crippen LogP contribution < -0.4 is 0 Å². The Kier molecular flexibility index (Phi) is 2.52. The highest BCUT2D eigenvalue weighted by atomic mass is 32.2. The van der Waals surface area contributed by atoms with E-state index >= 15 is 0 Å². The van der Waals surface area contributed by atoms with Gasteiger partial charge in [0, 0.05) is 13.3 Å². The van der Waals surface area contributed by atoms with E-state index in [0.29, 0.717) is 0 Å². The molecule has 2 nitrogen and oxygen atoms in total. The number of rotatable bonds is 1. The van der Waals surface area contributed by atoms with Gasteiger partial charge in [-0.05, 0) is 0 Å². The third-order valence-corrected chi connectivity index (χ3v) is 1.99. The summed E-state index contributed by atoms with van der Waals surface area (Å²) in [5.74, 6) is 0. The van der Waals surface area contributed by atoms with Crippen LogP contribution in [0.4, 0.5) is 0 Å². The van der Waals surface area contributed by atoms with Gasteiger partial charge < -0.3 is 0 Å². The Balaban J connectivity index is 4.69. The Hall–Kier alpha value is -0.530. The number of hydrogen-bond acceptors (Lipinski definition) is 2. The van der Waals surface area contributed by atoms with Gasteiger partial charge in [0.05, 0.1) is 15.1 Å². The average molecular weight is 131 g/mol. The van der Waals surface area contributed by atoms with Gasteiger partial charge in [-0.3, -0.25) is 0 Å². The molecule has 0 rings (SSSR count). The van der Waals surface area contributed by atoms with E-state index in [1.165, 1.54) is 18.7 Å². The maximum atomic E-state index is 10.8. The molecule has 0 aliphatic rings. The summed E-state index contributed by atoms with van der Waals surface area (Å²) in [5, 5.41) is 1.37. The fourth-order valence-corrected chi connectivity index (χ4v) is 0.622. The molecule has 0 saturated heterocycles. The minimum Gasteiger partial charge on any atom is -0.245 e. The van der Waals surface area contributed by atoms with E-state index < -0.39 is 9.73 Å². The van der Waals surface area contributed by atoms with Gasteiger partial charge in [0.15, 0.2) is 0 Å². The molecule has 46 valence electrons. The third kappa shape index (κ3) is 2.61. The minimum absolute atomic E-state index is 1.37. The summed E-state index contributed by atoms with van der Waals surface area (Å²) in [6, 6.07) is 0. The minimum atomic E-state index is -2.09. The van der Waals surface area contributed by atoms with Crippen LogP contribution in [0.2, 0.25) is 0 Å². The van der Waals surface area contributed by atoms with E-state index in [1.54, 1.807) is 0 Å². The molecule has 0 N–H and O–H groups in total. The van der Waals surface area contributed by atoms with Gasteiger partial charge in [-0.25, -0.2) is 8.57 Å². The van der Waals surface area contributed by atoms with Crippen LogP contribution in [0.5, 0.6) is 0 Å². The zero-order valence-corrected chi connectivity index (χ0v) is 5.86. The van der Waals surface area contributed by atoms with Crippen LogP contribution in [0.15, 0.2) is 22.1 Å². The number of nitrogens with zero attached hydrogens (tertiary/aromatic N) is 1. The fourth-order valence-electron chi connectivity index (χ4n) is 0.207. The van der Waals surface area contributed by atoms with Crippen molar-refractivity contribution < 1.29 is 4.21 Å². The molecule has 0 aromatic heterocycles. The molecule has 0 radical (unpaired) electrons. The Labute approximate surface area is 50.1 Å². The maximum Gasteiger partial charge on any atom is 0.0724 e. The lowest BCUT2D eigenvalue weighted by atomic mass is 11.0. The molecule has 3 heteroatoms. The van der Waals surface area contributed by atoms with Gasteiger partial charge in [0.1, 0.15) is 0 Å². The predicted molar refractivity (Wildman–Crippen MR) is 36.1 cm³/mol. The Morgan fingerprint density at radius 2 is 2.38 bits per heavy atom. The first kappa shape index (κ1) is 7.47. The largest absolute Gasteiger partial charge is 0.245 e. The van der Waals surface area contributed by atoms with Gasteiger partial charge in [0.25, 0.3) is 0 Å². The summed E-state index contributed by atoms with van der Waals surface area (Å²) in [7, 11) is -0.583. The van der Waals surface area contributed by atoms with Crippen LogP contribution in [0.3, 0.4) is 0 Å². The summed E-state index contributed by atoms with van der Waals surface area (Å²) in [6.45, 7) is 3.27. The molecule has 0 aliphatic heterocycles. The smallest absolute Gasteiger partial charge is 0.0724 e. The molecule has 0 aromatic rings. The molecule has 0 spiro atoms. The van der Waals surface area contributed by atoms with E-state index in [2.05, 4.69) is 16.7 Å². The third-order valence-electron chi connectivity index (χ3n) is 0.665. The van der Waals surface area contributed by atoms with Crippen molar-refractivity contribution in [2.45, 2.75) is 0 Å². The highest BCUT2D eigenvalue weighted by Gasteiger charge is 1.85. The van der Waals surface area contributed by atoms with Gasteiger partial charge in [-0.2, -0.15) is 0 Å². The monoisotopic (exact) mass is 131 g/mol. The van der Waals surface area contributed by atoms with E-state index in [-0.39, 0.29) is 0 Å². The van der Waals surface area contributed by atoms with Crippen LogP contribution >= 0.6 is 0 Å². The molecule has 0 bridgehead atoms. The lowest BCUT2D eigenvalue weighted by molar-refractivity contribution is 0.685. The fraction of sp³-hybridized carbons (Fsp3) is 0.400. The second kappa shape index (κ2) is 2.70. The SMILES string of the molecule is C=C=CS(C)(=O)=NC. The summed E-state index contributed by atoms with van der Waals surface area (Å²) < 4.78 is 14.4. The standard InChI is InChI=1S/C5H9NOS/c1-4-5-8(3,7)6-2/h5H,1H2,2-3H3. The summed E-state index contributed by atoms with van der Waals surface area (Å²) >= 11 is 0. The Bertz CT molecular complexity index is 208. The lowest BCUT2D eigenvalue weighted by Gasteiger charge is -1.86. The first-order valence-electron chi connectivity index (χ1n) is 2.08. The molecule has 8 heavy (non-hydrogen) atoms. The van der Waals surface area contributed by atoms with E-state index in [4.69, 9.17) is 0 Å². The van der Waals surface area contributed by atoms with Crippen LogP contribution in [0.1, 0.15) is 0 Å². The maximum absolute atomic E-state index is 10.8. The molecular formula is C5H9NOS. The normalized spacial score (nSPS) is 15.8. The molecule has 0 heterocycles. The number of hydrogen-bond donors (Lipinski definition) is 0. The van der Waals surface area contributed by atoms with Crippen molar-refractivity contribution in [2.75, 3.05) is 13.3 Å². The Morgan fingerprint density at radius 1 is 1.88 bits per heavy atom. The zero-order chi connectivity index (χ0) is 6.62. The van der Waals surface area contributed by atoms with E-state index in [9.17, 15) is 4.21 Å². The molecule has 1 unspecified atom stereocenters. The molecule has 1 atom stereocenters. The molecule has 0 aromatic carbocycles. The van der Waals surface area contributed by atoms with Crippen LogP contribution in [-0.4, -0.2) is 17.5 Å². The second-order valence-corrected chi connectivity index (χ2v) is 3.69. The van der Waals surface area contributed by atoms with Crippen molar-refractivity contribution in [3.8, 4) is 0 Å². The molecule has 0 fully saturated rings. The van der Waals surface area contributed by atoms with Crippen LogP contribution in [0.25, 0.3) is 0 Å². The molecular weight excluding hydrogens is 122 g/mol. The molecule has 0 saturated carbocycles. The van der Waals surface area contributed by atoms with Crippen molar-refractivity contribution in [2.24, 2.45) is 4.36 Å². The summed E-state index contributed by atoms with van der Waals surface area (Å²) in [4.78, 5) is 0. The highest BCUT2D eigenvalue weighted by Crippen LogP contribution is 1.87. The van der Waals surface area contributed by atoms with Crippen LogP contribution in [0, 0.1) is 0 Å². The van der Waals surface area contributed by atoms with Crippen molar-refractivity contribution in [3.63, 3.8) is 0 Å². The zero-order valence-electron chi connectivity index (χ0n) is 5.05. The van der Waals surface area contributed by atoms with Gasteiger partial charge in [-0.15, -0.1) is 5.73 Å². The predicted octanol–water partition coefficient (Wildman–Crippen LogP) is 1.01. The average Bonchev–Trinajstić information content (AvgIpc) is 1.67. The molecule has 0 amide bonds. The van der Waals surface area contributed by atoms with Gasteiger partial charge >= 0.3 is 0 Å². The summed E-state index contributed by atoms with van der Waals surface area (Å²) in [6.07, 6.45) is 1.53. The molecule has 0 aliphatic carbocycles. The van der Waals surface area contributed by atoms with Crippen molar-refractivity contribution in [1.82, 2.24) is 0 Å². The van der Waals surface area contributed by atoms with Gasteiger partial charge in [0.2, 0.25) is 0 Å². The summed E-state index contributed by atoms with van der Waals surface area (Å²) in [5.41, 5.74) is 2.41. The Morgan fingerprint density at radius 3 is 2.50 bits per heavy atom. The van der Waals surface area contributed by atoms with Crippen molar-refractivity contribution in [3.05, 3.63) is 17.7 Å². The lowest BCUT2D eigenvalue weighted by Crippen LogP contribution is -1.86. The van der Waals surface area contributed by atoms with Crippen molar-refractivity contribution >= 4 is 9.73 Å². The second-order valence-electron chi connectivity index (χ2n) is 1.37. The van der Waals surface area contributed by atoms with Crippen molar-refractivity contribution in [1.29, 1.82) is 0 Å². The van der Waals surface area contributed by atoms with E-state index in [0.717, 1.165) is 0 Å². The quantitative estimate of drug-likeness (QED) is 0.488. The topological polar surface area (TPSA) is 29.4 Å². The first-order valence-corrected chi connectivity index (χ1v) is 4.07. The van der Waals surface area contributed by atoms with Gasteiger partial charge in [-0.1, -0.05) is 6.58 Å². The first-order chi connectivity index (χ1) is 3.62. The highest BCUT2D eigenvalue weighted by molar-refractivity contribution is 7.95. The van der Waals surface area contributed by atoms with E-state index in [1.807, 2.05) is 0 Å².